The summed E-state index contributed by atoms with van der Waals surface area (Å²) in [7, 11) is 1.42. The number of hydrogen-bond acceptors (Lipinski definition) is 5. The molecule has 0 saturated heterocycles. The number of rotatable bonds is 5. The predicted molar refractivity (Wildman–Crippen MR) is 74.7 cm³/mol. The maximum atomic E-state index is 11.0. The molecule has 1 fully saturated rings. The zero-order valence-electron chi connectivity index (χ0n) is 11.6. The van der Waals surface area contributed by atoms with Crippen molar-refractivity contribution in [2.24, 2.45) is 5.73 Å². The molecule has 0 spiro atoms. The van der Waals surface area contributed by atoms with Gasteiger partial charge in [-0.2, -0.15) is 0 Å². The van der Waals surface area contributed by atoms with Crippen LogP contribution in [0.2, 0.25) is 0 Å². The van der Waals surface area contributed by atoms with Gasteiger partial charge < -0.3 is 15.2 Å². The van der Waals surface area contributed by atoms with E-state index in [1.165, 1.54) is 13.2 Å². The number of nitrogens with zero attached hydrogens (tertiary/aromatic N) is 1. The average Bonchev–Trinajstić information content (AvgIpc) is 2.46. The van der Waals surface area contributed by atoms with Crippen molar-refractivity contribution in [3.8, 4) is 5.75 Å². The van der Waals surface area contributed by atoms with Crippen molar-refractivity contribution >= 4 is 5.69 Å². The lowest BCUT2D eigenvalue weighted by Crippen LogP contribution is -2.39. The summed E-state index contributed by atoms with van der Waals surface area (Å²) in [6.07, 6.45) is 4.26. The van der Waals surface area contributed by atoms with E-state index in [-0.39, 0.29) is 23.6 Å². The molecule has 0 heterocycles. The fourth-order valence-electron chi connectivity index (χ4n) is 2.50. The van der Waals surface area contributed by atoms with Crippen LogP contribution in [0.15, 0.2) is 18.2 Å². The van der Waals surface area contributed by atoms with Gasteiger partial charge in [0.2, 0.25) is 0 Å². The molecule has 1 aromatic rings. The lowest BCUT2D eigenvalue weighted by atomic mass is 9.93. The lowest BCUT2D eigenvalue weighted by molar-refractivity contribution is -0.385. The highest BCUT2D eigenvalue weighted by molar-refractivity contribution is 5.48. The van der Waals surface area contributed by atoms with Crippen LogP contribution in [0.1, 0.15) is 31.2 Å². The van der Waals surface area contributed by atoms with Crippen LogP contribution in [0.3, 0.4) is 0 Å². The monoisotopic (exact) mass is 280 g/mol. The summed E-state index contributed by atoms with van der Waals surface area (Å²) in [5.74, 6) is 0.258. The number of benzene rings is 1. The van der Waals surface area contributed by atoms with Gasteiger partial charge in [-0.3, -0.25) is 10.1 Å². The van der Waals surface area contributed by atoms with E-state index >= 15 is 0 Å². The number of ether oxygens (including phenoxy) is 2. The SMILES string of the molecule is COc1ccc(COC2CCCCC2N)cc1[N+](=O)[O-]. The summed E-state index contributed by atoms with van der Waals surface area (Å²) < 4.78 is 10.8. The molecule has 110 valence electrons. The molecule has 2 atom stereocenters. The summed E-state index contributed by atoms with van der Waals surface area (Å²) in [6, 6.07) is 4.93. The Hall–Kier alpha value is -1.66. The van der Waals surface area contributed by atoms with Gasteiger partial charge in [0, 0.05) is 12.1 Å². The van der Waals surface area contributed by atoms with E-state index < -0.39 is 4.92 Å². The van der Waals surface area contributed by atoms with Gasteiger partial charge in [-0.15, -0.1) is 0 Å². The zero-order chi connectivity index (χ0) is 14.5. The second-order valence-corrected chi connectivity index (χ2v) is 5.06. The van der Waals surface area contributed by atoms with Crippen LogP contribution >= 0.6 is 0 Å². The Morgan fingerprint density at radius 3 is 2.80 bits per heavy atom. The Balaban J connectivity index is 2.02. The number of nitro groups is 1. The van der Waals surface area contributed by atoms with E-state index in [1.807, 2.05) is 0 Å². The molecular formula is C14H20N2O4. The molecule has 6 heteroatoms. The van der Waals surface area contributed by atoms with Crippen LogP contribution in [0.25, 0.3) is 0 Å². The molecule has 1 saturated carbocycles. The maximum Gasteiger partial charge on any atom is 0.311 e. The molecular weight excluding hydrogens is 260 g/mol. The van der Waals surface area contributed by atoms with Crippen molar-refractivity contribution in [2.75, 3.05) is 7.11 Å². The first-order chi connectivity index (χ1) is 9.61. The number of nitro benzene ring substituents is 1. The quantitative estimate of drug-likeness (QED) is 0.661. The largest absolute Gasteiger partial charge is 0.490 e. The van der Waals surface area contributed by atoms with Crippen LogP contribution in [0.5, 0.6) is 5.75 Å². The Morgan fingerprint density at radius 2 is 2.15 bits per heavy atom. The van der Waals surface area contributed by atoms with Gasteiger partial charge in [0.05, 0.1) is 24.7 Å². The zero-order valence-corrected chi connectivity index (χ0v) is 11.6. The molecule has 0 radical (unpaired) electrons. The van der Waals surface area contributed by atoms with Gasteiger partial charge in [-0.1, -0.05) is 18.9 Å². The first kappa shape index (κ1) is 14.7. The fourth-order valence-corrected chi connectivity index (χ4v) is 2.50. The third-order valence-corrected chi connectivity index (χ3v) is 3.66. The van der Waals surface area contributed by atoms with E-state index in [2.05, 4.69) is 0 Å². The van der Waals surface area contributed by atoms with E-state index in [0.29, 0.717) is 6.61 Å². The van der Waals surface area contributed by atoms with Crippen molar-refractivity contribution in [1.29, 1.82) is 0 Å². The molecule has 2 rings (SSSR count). The highest BCUT2D eigenvalue weighted by Gasteiger charge is 2.23. The molecule has 20 heavy (non-hydrogen) atoms. The standard InChI is InChI=1S/C14H20N2O4/c1-19-14-7-6-10(8-12(14)16(17)18)9-20-13-5-3-2-4-11(13)15/h6-8,11,13H,2-5,9,15H2,1H3. The molecule has 0 amide bonds. The molecule has 2 unspecified atom stereocenters. The van der Waals surface area contributed by atoms with E-state index in [0.717, 1.165) is 31.2 Å². The van der Waals surface area contributed by atoms with E-state index in [9.17, 15) is 10.1 Å². The summed E-state index contributed by atoms with van der Waals surface area (Å²) in [4.78, 5) is 10.5. The highest BCUT2D eigenvalue weighted by Crippen LogP contribution is 2.28. The predicted octanol–water partition coefficient (Wildman–Crippen LogP) is 2.39. The van der Waals surface area contributed by atoms with Crippen LogP contribution < -0.4 is 10.5 Å². The normalized spacial score (nSPS) is 22.5. The van der Waals surface area contributed by atoms with Crippen molar-refractivity contribution in [3.05, 3.63) is 33.9 Å². The van der Waals surface area contributed by atoms with Gasteiger partial charge in [0.1, 0.15) is 0 Å². The summed E-state index contributed by atoms with van der Waals surface area (Å²) in [5, 5.41) is 11.0. The van der Waals surface area contributed by atoms with Crippen molar-refractivity contribution < 1.29 is 14.4 Å². The second-order valence-electron chi connectivity index (χ2n) is 5.06. The van der Waals surface area contributed by atoms with E-state index in [1.54, 1.807) is 12.1 Å². The minimum atomic E-state index is -0.450. The smallest absolute Gasteiger partial charge is 0.311 e. The van der Waals surface area contributed by atoms with Gasteiger partial charge in [-0.25, -0.2) is 0 Å². The highest BCUT2D eigenvalue weighted by atomic mass is 16.6. The summed E-state index contributed by atoms with van der Waals surface area (Å²) in [5.41, 5.74) is 6.73. The van der Waals surface area contributed by atoms with Crippen LogP contribution in [-0.2, 0) is 11.3 Å². The number of methoxy groups -OCH3 is 1. The number of hydrogen-bond donors (Lipinski definition) is 1. The molecule has 0 aliphatic heterocycles. The van der Waals surface area contributed by atoms with E-state index in [4.69, 9.17) is 15.2 Å². The minimum Gasteiger partial charge on any atom is -0.490 e. The van der Waals surface area contributed by atoms with Gasteiger partial charge in [0.25, 0.3) is 0 Å². The van der Waals surface area contributed by atoms with Gasteiger partial charge >= 0.3 is 5.69 Å². The molecule has 1 aliphatic carbocycles. The van der Waals surface area contributed by atoms with Crippen LogP contribution in [0, 0.1) is 10.1 Å². The van der Waals surface area contributed by atoms with Crippen LogP contribution in [0.4, 0.5) is 5.69 Å². The van der Waals surface area contributed by atoms with Crippen LogP contribution in [-0.4, -0.2) is 24.2 Å². The molecule has 1 aromatic carbocycles. The Bertz CT molecular complexity index is 478. The molecule has 2 N–H and O–H groups in total. The second kappa shape index (κ2) is 6.67. The summed E-state index contributed by atoms with van der Waals surface area (Å²) in [6.45, 7) is 0.337. The third-order valence-electron chi connectivity index (χ3n) is 3.66. The minimum absolute atomic E-state index is 0.0402. The molecule has 6 nitrogen and oxygen atoms in total. The molecule has 0 aromatic heterocycles. The maximum absolute atomic E-state index is 11.0. The first-order valence-corrected chi connectivity index (χ1v) is 6.80. The van der Waals surface area contributed by atoms with Gasteiger partial charge in [-0.05, 0) is 24.5 Å². The Morgan fingerprint density at radius 1 is 1.40 bits per heavy atom. The lowest BCUT2D eigenvalue weighted by Gasteiger charge is -2.28. The first-order valence-electron chi connectivity index (χ1n) is 6.80. The summed E-state index contributed by atoms with van der Waals surface area (Å²) >= 11 is 0. The molecule has 1 aliphatic rings. The topological polar surface area (TPSA) is 87.6 Å². The third kappa shape index (κ3) is 3.46. The number of nitrogens with two attached hydrogens (primary N) is 1. The van der Waals surface area contributed by atoms with Crippen molar-refractivity contribution in [2.45, 2.75) is 44.4 Å². The Kier molecular flexibility index (Phi) is 4.92. The van der Waals surface area contributed by atoms with Crippen molar-refractivity contribution in [1.82, 2.24) is 0 Å². The molecule has 0 bridgehead atoms. The fraction of sp³-hybridized carbons (Fsp3) is 0.571. The average molecular weight is 280 g/mol. The van der Waals surface area contributed by atoms with Crippen molar-refractivity contribution in [3.63, 3.8) is 0 Å². The Labute approximate surface area is 118 Å². The van der Waals surface area contributed by atoms with Gasteiger partial charge in [0.15, 0.2) is 5.75 Å².